The zero-order valence-electron chi connectivity index (χ0n) is 10.1. The molecule has 2 nitrogen and oxygen atoms in total. The summed E-state index contributed by atoms with van der Waals surface area (Å²) in [6.45, 7) is 0. The molecule has 1 N–H and O–H groups in total. The number of carbonyl (C=O) groups is 1. The summed E-state index contributed by atoms with van der Waals surface area (Å²) in [7, 11) is 0. The summed E-state index contributed by atoms with van der Waals surface area (Å²) in [5.74, 6) is -0.608. The maximum absolute atomic E-state index is 11.5. The highest BCUT2D eigenvalue weighted by atomic mass is 35.5. The van der Waals surface area contributed by atoms with Crippen LogP contribution in [0.1, 0.15) is 21.5 Å². The summed E-state index contributed by atoms with van der Waals surface area (Å²) in [6.07, 6.45) is 0. The number of carboxylic acids is 1. The second-order valence-electron chi connectivity index (χ2n) is 4.06. The van der Waals surface area contributed by atoms with Crippen LogP contribution in [0.3, 0.4) is 0 Å². The standard InChI is InChI=1S/C15H12Cl2O2/c16-8-11-6-7-12(10-4-2-1-3-5-10)14(15(18)19)13(11)9-17/h1-7H,8-9H2,(H,18,19). The Kier molecular flexibility index (Phi) is 4.46. The molecule has 19 heavy (non-hydrogen) atoms. The van der Waals surface area contributed by atoms with Gasteiger partial charge in [-0.05, 0) is 22.3 Å². The number of hydrogen-bond acceptors (Lipinski definition) is 1. The third-order valence-corrected chi connectivity index (χ3v) is 3.54. The van der Waals surface area contributed by atoms with Crippen LogP contribution < -0.4 is 0 Å². The van der Waals surface area contributed by atoms with E-state index in [0.29, 0.717) is 11.1 Å². The van der Waals surface area contributed by atoms with E-state index in [1.54, 1.807) is 6.07 Å². The molecule has 0 aliphatic heterocycles. The molecule has 0 amide bonds. The predicted octanol–water partition coefficient (Wildman–Crippen LogP) is 4.53. The average Bonchev–Trinajstić information content (AvgIpc) is 2.46. The summed E-state index contributed by atoms with van der Waals surface area (Å²) in [5.41, 5.74) is 3.10. The van der Waals surface area contributed by atoms with Gasteiger partial charge in [-0.1, -0.05) is 42.5 Å². The molecule has 0 unspecified atom stereocenters. The number of alkyl halides is 2. The topological polar surface area (TPSA) is 37.3 Å². The van der Waals surface area contributed by atoms with Gasteiger partial charge in [-0.3, -0.25) is 0 Å². The van der Waals surface area contributed by atoms with Gasteiger partial charge in [0.15, 0.2) is 0 Å². The molecule has 0 aliphatic rings. The fourth-order valence-electron chi connectivity index (χ4n) is 2.07. The van der Waals surface area contributed by atoms with Crippen molar-refractivity contribution in [3.63, 3.8) is 0 Å². The molecule has 2 aromatic rings. The monoisotopic (exact) mass is 294 g/mol. The normalized spacial score (nSPS) is 10.4. The molecule has 0 radical (unpaired) electrons. The van der Waals surface area contributed by atoms with E-state index in [-0.39, 0.29) is 17.3 Å². The number of halogens is 2. The molecule has 0 saturated heterocycles. The van der Waals surface area contributed by atoms with Crippen LogP contribution in [0, 0.1) is 0 Å². The Hall–Kier alpha value is -1.51. The SMILES string of the molecule is O=C(O)c1c(-c2ccccc2)ccc(CCl)c1CCl. The first kappa shape index (κ1) is 13.9. The van der Waals surface area contributed by atoms with Crippen molar-refractivity contribution in [3.05, 3.63) is 59.2 Å². The van der Waals surface area contributed by atoms with Gasteiger partial charge in [-0.25, -0.2) is 4.79 Å². The van der Waals surface area contributed by atoms with Crippen LogP contribution in [-0.4, -0.2) is 11.1 Å². The van der Waals surface area contributed by atoms with Crippen molar-refractivity contribution in [2.24, 2.45) is 0 Å². The lowest BCUT2D eigenvalue weighted by atomic mass is 9.93. The molecule has 0 aromatic heterocycles. The van der Waals surface area contributed by atoms with Crippen molar-refractivity contribution >= 4 is 29.2 Å². The summed E-state index contributed by atoms with van der Waals surface area (Å²) in [6, 6.07) is 13.0. The second-order valence-corrected chi connectivity index (χ2v) is 4.60. The summed E-state index contributed by atoms with van der Waals surface area (Å²) < 4.78 is 0. The Balaban J connectivity index is 2.72. The fraction of sp³-hybridized carbons (Fsp3) is 0.133. The second kappa shape index (κ2) is 6.09. The van der Waals surface area contributed by atoms with E-state index in [0.717, 1.165) is 11.1 Å². The van der Waals surface area contributed by atoms with Crippen LogP contribution in [0.4, 0.5) is 0 Å². The molecule has 0 heterocycles. The molecule has 2 rings (SSSR count). The first-order valence-electron chi connectivity index (χ1n) is 5.74. The van der Waals surface area contributed by atoms with E-state index in [1.807, 2.05) is 36.4 Å². The summed E-state index contributed by atoms with van der Waals surface area (Å²) in [4.78, 5) is 11.5. The minimum absolute atomic E-state index is 0.129. The van der Waals surface area contributed by atoms with Gasteiger partial charge in [0.2, 0.25) is 0 Å². The molecule has 2 aromatic carbocycles. The Labute approximate surface area is 121 Å². The lowest BCUT2D eigenvalue weighted by Crippen LogP contribution is -2.07. The Bertz CT molecular complexity index is 595. The van der Waals surface area contributed by atoms with Crippen LogP contribution in [0.2, 0.25) is 0 Å². The Morgan fingerprint density at radius 3 is 2.21 bits per heavy atom. The molecular formula is C15H12Cl2O2. The van der Waals surface area contributed by atoms with E-state index in [2.05, 4.69) is 0 Å². The largest absolute Gasteiger partial charge is 0.478 e. The number of rotatable bonds is 4. The van der Waals surface area contributed by atoms with Crippen LogP contribution in [0.25, 0.3) is 11.1 Å². The van der Waals surface area contributed by atoms with Crippen LogP contribution in [-0.2, 0) is 11.8 Å². The lowest BCUT2D eigenvalue weighted by Gasteiger charge is -2.13. The molecular weight excluding hydrogens is 283 g/mol. The van der Waals surface area contributed by atoms with Gasteiger partial charge in [-0.2, -0.15) is 0 Å². The number of benzene rings is 2. The number of aromatic carboxylic acids is 1. The first-order valence-corrected chi connectivity index (χ1v) is 6.81. The number of hydrogen-bond donors (Lipinski definition) is 1. The molecule has 98 valence electrons. The smallest absolute Gasteiger partial charge is 0.336 e. The highest BCUT2D eigenvalue weighted by Crippen LogP contribution is 2.30. The van der Waals surface area contributed by atoms with E-state index in [9.17, 15) is 9.90 Å². The van der Waals surface area contributed by atoms with Gasteiger partial charge in [0, 0.05) is 11.8 Å². The van der Waals surface area contributed by atoms with Crippen molar-refractivity contribution in [1.29, 1.82) is 0 Å². The van der Waals surface area contributed by atoms with Gasteiger partial charge in [0.25, 0.3) is 0 Å². The minimum Gasteiger partial charge on any atom is -0.478 e. The molecule has 0 fully saturated rings. The first-order chi connectivity index (χ1) is 9.19. The highest BCUT2D eigenvalue weighted by molar-refractivity contribution is 6.19. The maximum Gasteiger partial charge on any atom is 0.336 e. The number of carboxylic acid groups (broad SMARTS) is 1. The van der Waals surface area contributed by atoms with Crippen LogP contribution in [0.5, 0.6) is 0 Å². The predicted molar refractivity (Wildman–Crippen MR) is 78.0 cm³/mol. The molecule has 4 heteroatoms. The third-order valence-electron chi connectivity index (χ3n) is 2.99. The highest BCUT2D eigenvalue weighted by Gasteiger charge is 2.18. The molecule has 0 atom stereocenters. The Morgan fingerprint density at radius 1 is 1.00 bits per heavy atom. The van der Waals surface area contributed by atoms with E-state index >= 15 is 0 Å². The maximum atomic E-state index is 11.5. The van der Waals surface area contributed by atoms with Gasteiger partial charge < -0.3 is 5.11 Å². The van der Waals surface area contributed by atoms with Crippen molar-refractivity contribution in [1.82, 2.24) is 0 Å². The van der Waals surface area contributed by atoms with Gasteiger partial charge in [0.1, 0.15) is 0 Å². The zero-order chi connectivity index (χ0) is 13.8. The van der Waals surface area contributed by atoms with Crippen LogP contribution >= 0.6 is 23.2 Å². The van der Waals surface area contributed by atoms with E-state index < -0.39 is 5.97 Å². The third kappa shape index (κ3) is 2.75. The van der Waals surface area contributed by atoms with Gasteiger partial charge >= 0.3 is 5.97 Å². The molecule has 0 saturated carbocycles. The van der Waals surface area contributed by atoms with Crippen molar-refractivity contribution in [2.45, 2.75) is 11.8 Å². The minimum atomic E-state index is -0.985. The molecule has 0 spiro atoms. The van der Waals surface area contributed by atoms with Crippen molar-refractivity contribution in [3.8, 4) is 11.1 Å². The van der Waals surface area contributed by atoms with E-state index in [4.69, 9.17) is 23.2 Å². The van der Waals surface area contributed by atoms with Crippen LogP contribution in [0.15, 0.2) is 42.5 Å². The zero-order valence-corrected chi connectivity index (χ0v) is 11.6. The summed E-state index contributed by atoms with van der Waals surface area (Å²) in [5, 5.41) is 9.46. The Morgan fingerprint density at radius 2 is 1.68 bits per heavy atom. The quantitative estimate of drug-likeness (QED) is 0.841. The fourth-order valence-corrected chi connectivity index (χ4v) is 2.63. The summed E-state index contributed by atoms with van der Waals surface area (Å²) >= 11 is 11.7. The van der Waals surface area contributed by atoms with Gasteiger partial charge in [0.05, 0.1) is 5.56 Å². The lowest BCUT2D eigenvalue weighted by molar-refractivity contribution is 0.0696. The average molecular weight is 295 g/mol. The van der Waals surface area contributed by atoms with Crippen molar-refractivity contribution in [2.75, 3.05) is 0 Å². The molecule has 0 aliphatic carbocycles. The molecule has 0 bridgehead atoms. The van der Waals surface area contributed by atoms with Gasteiger partial charge in [-0.15, -0.1) is 23.2 Å². The van der Waals surface area contributed by atoms with E-state index in [1.165, 1.54) is 0 Å². The van der Waals surface area contributed by atoms with Crippen molar-refractivity contribution < 1.29 is 9.90 Å².